The highest BCUT2D eigenvalue weighted by Crippen LogP contribution is 2.40. The van der Waals surface area contributed by atoms with Gasteiger partial charge in [0, 0.05) is 30.6 Å². The number of para-hydroxylation sites is 1. The van der Waals surface area contributed by atoms with E-state index in [1.54, 1.807) is 0 Å². The molecule has 23 heavy (non-hydrogen) atoms. The number of hydrogen-bond donors (Lipinski definition) is 1. The van der Waals surface area contributed by atoms with Gasteiger partial charge in [-0.1, -0.05) is 18.2 Å². The second kappa shape index (κ2) is 6.02. The minimum Gasteiger partial charge on any atom is -0.425 e. The lowest BCUT2D eigenvalue weighted by Crippen LogP contribution is -2.40. The number of hydrogen-bond acceptors (Lipinski definition) is 4. The summed E-state index contributed by atoms with van der Waals surface area (Å²) in [5, 5.41) is 11.3. The molecule has 2 fully saturated rings. The summed E-state index contributed by atoms with van der Waals surface area (Å²) in [6.45, 7) is 1.43. The first-order chi connectivity index (χ1) is 11.3. The number of piperidine rings is 1. The van der Waals surface area contributed by atoms with Crippen molar-refractivity contribution < 1.29 is 9.21 Å². The number of aromatic nitrogens is 2. The molecule has 120 valence electrons. The van der Waals surface area contributed by atoms with Gasteiger partial charge < -0.3 is 14.6 Å². The first-order valence-corrected chi connectivity index (χ1v) is 8.24. The smallest absolute Gasteiger partial charge is 0.321 e. The fraction of sp³-hybridized carbons (Fsp3) is 0.471. The second-order valence-electron chi connectivity index (χ2n) is 6.31. The monoisotopic (exact) mass is 312 g/mol. The highest BCUT2D eigenvalue weighted by atomic mass is 16.4. The van der Waals surface area contributed by atoms with Crippen molar-refractivity contribution in [1.82, 2.24) is 15.1 Å². The molecular formula is C17H20N4O2. The van der Waals surface area contributed by atoms with Gasteiger partial charge in [-0.15, -0.1) is 10.2 Å². The Bertz CT molecular complexity index is 673. The summed E-state index contributed by atoms with van der Waals surface area (Å²) < 4.78 is 5.80. The molecule has 0 atom stereocenters. The van der Waals surface area contributed by atoms with E-state index in [9.17, 15) is 4.79 Å². The molecule has 0 radical (unpaired) electrons. The number of benzene rings is 1. The maximum absolute atomic E-state index is 12.3. The first kappa shape index (κ1) is 14.2. The summed E-state index contributed by atoms with van der Waals surface area (Å²) in [7, 11) is 0. The predicted molar refractivity (Wildman–Crippen MR) is 85.3 cm³/mol. The predicted octanol–water partition coefficient (Wildman–Crippen LogP) is 3.36. The van der Waals surface area contributed by atoms with Crippen LogP contribution in [0.1, 0.15) is 49.3 Å². The Morgan fingerprint density at radius 1 is 1.00 bits per heavy atom. The van der Waals surface area contributed by atoms with Gasteiger partial charge >= 0.3 is 6.03 Å². The third kappa shape index (κ3) is 3.21. The Balaban J connectivity index is 1.32. The van der Waals surface area contributed by atoms with Crippen LogP contribution in [0.5, 0.6) is 0 Å². The summed E-state index contributed by atoms with van der Waals surface area (Å²) in [6, 6.07) is 9.50. The third-order valence-corrected chi connectivity index (χ3v) is 4.54. The van der Waals surface area contributed by atoms with E-state index in [1.807, 2.05) is 35.2 Å². The van der Waals surface area contributed by atoms with Crippen molar-refractivity contribution in [3.05, 3.63) is 42.1 Å². The zero-order chi connectivity index (χ0) is 15.6. The zero-order valence-corrected chi connectivity index (χ0v) is 12.9. The van der Waals surface area contributed by atoms with E-state index in [-0.39, 0.29) is 11.9 Å². The highest BCUT2D eigenvalue weighted by molar-refractivity contribution is 5.89. The van der Waals surface area contributed by atoms with E-state index in [0.29, 0.717) is 19.0 Å². The van der Waals surface area contributed by atoms with Crippen molar-refractivity contribution in [3.8, 4) is 0 Å². The fourth-order valence-electron chi connectivity index (χ4n) is 2.96. The molecule has 0 spiro atoms. The fourth-order valence-corrected chi connectivity index (χ4v) is 2.96. The van der Waals surface area contributed by atoms with E-state index in [0.717, 1.165) is 30.3 Å². The minimum absolute atomic E-state index is 0.0427. The number of urea groups is 1. The zero-order valence-electron chi connectivity index (χ0n) is 12.9. The standard InChI is InChI=1S/C17H20N4O2/c22-17(18-14-4-2-1-3-5-14)21-10-8-13(9-11-21)16-20-19-15(23-16)12-6-7-12/h1-5,12-13H,6-11H2,(H,18,22). The Morgan fingerprint density at radius 2 is 1.61 bits per heavy atom. The molecule has 1 saturated carbocycles. The number of amides is 2. The van der Waals surface area contributed by atoms with E-state index in [1.165, 1.54) is 12.8 Å². The number of nitrogens with one attached hydrogen (secondary N) is 1. The molecule has 1 aliphatic carbocycles. The topological polar surface area (TPSA) is 71.3 Å². The molecule has 4 rings (SSSR count). The van der Waals surface area contributed by atoms with Gasteiger partial charge in [-0.25, -0.2) is 4.79 Å². The number of carbonyl (C=O) groups is 1. The molecule has 6 nitrogen and oxygen atoms in total. The van der Waals surface area contributed by atoms with Crippen LogP contribution in [0.15, 0.2) is 34.7 Å². The SMILES string of the molecule is O=C(Nc1ccccc1)N1CCC(c2nnc(C3CC3)o2)CC1. The lowest BCUT2D eigenvalue weighted by atomic mass is 9.97. The normalized spacial score (nSPS) is 18.9. The molecule has 2 aliphatic rings. The van der Waals surface area contributed by atoms with E-state index >= 15 is 0 Å². The van der Waals surface area contributed by atoms with Crippen LogP contribution in [-0.2, 0) is 0 Å². The lowest BCUT2D eigenvalue weighted by Gasteiger charge is -2.30. The van der Waals surface area contributed by atoms with Crippen LogP contribution < -0.4 is 5.32 Å². The summed E-state index contributed by atoms with van der Waals surface area (Å²) in [5.41, 5.74) is 0.825. The molecule has 2 amide bonds. The van der Waals surface area contributed by atoms with Gasteiger partial charge in [0.2, 0.25) is 11.8 Å². The van der Waals surface area contributed by atoms with Crippen LogP contribution in [0.4, 0.5) is 10.5 Å². The average Bonchev–Trinajstić information content (AvgIpc) is 3.33. The number of anilines is 1. The highest BCUT2D eigenvalue weighted by Gasteiger charge is 2.32. The molecule has 2 aromatic rings. The van der Waals surface area contributed by atoms with Crippen LogP contribution in [0.3, 0.4) is 0 Å². The van der Waals surface area contributed by atoms with Crippen LogP contribution in [0, 0.1) is 0 Å². The molecule has 1 N–H and O–H groups in total. The number of rotatable bonds is 3. The molecule has 1 aromatic carbocycles. The first-order valence-electron chi connectivity index (χ1n) is 8.24. The summed E-state index contributed by atoms with van der Waals surface area (Å²) in [6.07, 6.45) is 4.07. The van der Waals surface area contributed by atoms with E-state index in [4.69, 9.17) is 4.42 Å². The van der Waals surface area contributed by atoms with Crippen molar-refractivity contribution in [1.29, 1.82) is 0 Å². The number of likely N-dealkylation sites (tertiary alicyclic amines) is 1. The van der Waals surface area contributed by atoms with Crippen LogP contribution >= 0.6 is 0 Å². The van der Waals surface area contributed by atoms with Crippen LogP contribution in [-0.4, -0.2) is 34.2 Å². The molecule has 2 heterocycles. The van der Waals surface area contributed by atoms with E-state index < -0.39 is 0 Å². The van der Waals surface area contributed by atoms with Crippen molar-refractivity contribution >= 4 is 11.7 Å². The maximum Gasteiger partial charge on any atom is 0.321 e. The van der Waals surface area contributed by atoms with Crippen molar-refractivity contribution in [2.75, 3.05) is 18.4 Å². The summed E-state index contributed by atoms with van der Waals surface area (Å²) in [4.78, 5) is 14.1. The van der Waals surface area contributed by atoms with Gasteiger partial charge in [-0.3, -0.25) is 0 Å². The molecule has 1 aromatic heterocycles. The number of carbonyl (C=O) groups excluding carboxylic acids is 1. The van der Waals surface area contributed by atoms with Crippen LogP contribution in [0.25, 0.3) is 0 Å². The Kier molecular flexibility index (Phi) is 3.73. The van der Waals surface area contributed by atoms with Gasteiger partial charge in [0.05, 0.1) is 0 Å². The summed E-state index contributed by atoms with van der Waals surface area (Å²) >= 11 is 0. The molecule has 6 heteroatoms. The van der Waals surface area contributed by atoms with Crippen LogP contribution in [0.2, 0.25) is 0 Å². The van der Waals surface area contributed by atoms with E-state index in [2.05, 4.69) is 15.5 Å². The summed E-state index contributed by atoms with van der Waals surface area (Å²) in [5.74, 6) is 2.31. The van der Waals surface area contributed by atoms with Gasteiger partial charge in [-0.2, -0.15) is 0 Å². The Morgan fingerprint density at radius 3 is 2.22 bits per heavy atom. The lowest BCUT2D eigenvalue weighted by molar-refractivity contribution is 0.189. The van der Waals surface area contributed by atoms with Crippen molar-refractivity contribution in [3.63, 3.8) is 0 Å². The Hall–Kier alpha value is -2.37. The molecule has 0 unspecified atom stereocenters. The van der Waals surface area contributed by atoms with Gasteiger partial charge in [0.1, 0.15) is 0 Å². The average molecular weight is 312 g/mol. The third-order valence-electron chi connectivity index (χ3n) is 4.54. The quantitative estimate of drug-likeness (QED) is 0.943. The van der Waals surface area contributed by atoms with Crippen molar-refractivity contribution in [2.45, 2.75) is 37.5 Å². The second-order valence-corrected chi connectivity index (χ2v) is 6.31. The molecule has 1 aliphatic heterocycles. The van der Waals surface area contributed by atoms with Gasteiger partial charge in [0.25, 0.3) is 0 Å². The number of nitrogens with zero attached hydrogens (tertiary/aromatic N) is 3. The minimum atomic E-state index is -0.0427. The molecule has 1 saturated heterocycles. The molecule has 0 bridgehead atoms. The Labute approximate surface area is 134 Å². The maximum atomic E-state index is 12.3. The van der Waals surface area contributed by atoms with Crippen molar-refractivity contribution in [2.24, 2.45) is 0 Å². The largest absolute Gasteiger partial charge is 0.425 e. The van der Waals surface area contributed by atoms with Gasteiger partial charge in [-0.05, 0) is 37.8 Å². The molecular weight excluding hydrogens is 292 g/mol. The van der Waals surface area contributed by atoms with Gasteiger partial charge in [0.15, 0.2) is 0 Å².